The smallest absolute Gasteiger partial charge is 0.191 e. The highest BCUT2D eigenvalue weighted by molar-refractivity contribution is 5.80. The van der Waals surface area contributed by atoms with E-state index in [9.17, 15) is 4.39 Å². The van der Waals surface area contributed by atoms with Crippen LogP contribution < -0.4 is 15.4 Å². The lowest BCUT2D eigenvalue weighted by molar-refractivity contribution is 0.198. The molecule has 0 aromatic heterocycles. The average molecular weight is 265 g/mol. The molecule has 0 fully saturated rings. The van der Waals surface area contributed by atoms with Gasteiger partial charge >= 0.3 is 0 Å². The molecular formula is C14H20FN3O. The minimum Gasteiger partial charge on any atom is -0.489 e. The topological polar surface area (TPSA) is 45.7 Å². The highest BCUT2D eigenvalue weighted by atomic mass is 19.1. The molecule has 4 nitrogen and oxygen atoms in total. The molecule has 19 heavy (non-hydrogen) atoms. The Hall–Kier alpha value is -1.78. The fourth-order valence-corrected chi connectivity index (χ4v) is 1.86. The molecule has 0 bridgehead atoms. The van der Waals surface area contributed by atoms with Crippen molar-refractivity contribution in [2.75, 3.05) is 19.6 Å². The van der Waals surface area contributed by atoms with Gasteiger partial charge in [0.25, 0.3) is 0 Å². The average Bonchev–Trinajstić information content (AvgIpc) is 2.44. The van der Waals surface area contributed by atoms with Gasteiger partial charge in [0.2, 0.25) is 0 Å². The molecule has 104 valence electrons. The first-order valence-corrected chi connectivity index (χ1v) is 6.72. The fraction of sp³-hybridized carbons (Fsp3) is 0.500. The molecule has 2 N–H and O–H groups in total. The van der Waals surface area contributed by atoms with Crippen LogP contribution in [0.1, 0.15) is 19.8 Å². The van der Waals surface area contributed by atoms with Gasteiger partial charge in [0, 0.05) is 19.2 Å². The van der Waals surface area contributed by atoms with Crippen LogP contribution in [0.15, 0.2) is 29.3 Å². The van der Waals surface area contributed by atoms with E-state index >= 15 is 0 Å². The summed E-state index contributed by atoms with van der Waals surface area (Å²) < 4.78 is 18.8. The van der Waals surface area contributed by atoms with Gasteiger partial charge in [-0.1, -0.05) is 13.0 Å². The van der Waals surface area contributed by atoms with Gasteiger partial charge in [0.15, 0.2) is 5.96 Å². The number of aliphatic imine (C=N–C) groups is 1. The zero-order valence-corrected chi connectivity index (χ0v) is 11.2. The number of rotatable bonds is 5. The summed E-state index contributed by atoms with van der Waals surface area (Å²) in [6, 6.07) is 6.23. The second-order valence-electron chi connectivity index (χ2n) is 4.50. The first kappa shape index (κ1) is 13.6. The maximum Gasteiger partial charge on any atom is 0.191 e. The Labute approximate surface area is 113 Å². The Morgan fingerprint density at radius 3 is 3.11 bits per heavy atom. The van der Waals surface area contributed by atoms with E-state index in [1.807, 2.05) is 6.92 Å². The summed E-state index contributed by atoms with van der Waals surface area (Å²) in [5.41, 5.74) is 0. The molecule has 1 atom stereocenters. The molecule has 1 aromatic carbocycles. The van der Waals surface area contributed by atoms with Crippen LogP contribution in [0.4, 0.5) is 4.39 Å². The number of halogens is 1. The number of ether oxygens (including phenoxy) is 1. The minimum absolute atomic E-state index is 0.00627. The van der Waals surface area contributed by atoms with Gasteiger partial charge in [0.05, 0.1) is 6.54 Å². The van der Waals surface area contributed by atoms with Crippen molar-refractivity contribution in [2.24, 2.45) is 4.99 Å². The summed E-state index contributed by atoms with van der Waals surface area (Å²) in [5, 5.41) is 6.42. The maximum atomic E-state index is 13.1. The fourth-order valence-electron chi connectivity index (χ4n) is 1.86. The summed E-state index contributed by atoms with van der Waals surface area (Å²) in [4.78, 5) is 4.34. The Bertz CT molecular complexity index is 436. The first-order chi connectivity index (χ1) is 9.28. The molecule has 1 aromatic rings. The van der Waals surface area contributed by atoms with Crippen molar-refractivity contribution in [3.05, 3.63) is 30.1 Å². The lowest BCUT2D eigenvalue weighted by Crippen LogP contribution is -2.44. The molecule has 0 saturated heterocycles. The van der Waals surface area contributed by atoms with Crippen LogP contribution in [0.5, 0.6) is 5.75 Å². The highest BCUT2D eigenvalue weighted by Crippen LogP contribution is 2.14. The van der Waals surface area contributed by atoms with E-state index in [0.717, 1.165) is 31.9 Å². The van der Waals surface area contributed by atoms with E-state index in [2.05, 4.69) is 15.6 Å². The molecule has 1 aliphatic heterocycles. The number of nitrogens with zero attached hydrogens (tertiary/aromatic N) is 1. The Morgan fingerprint density at radius 2 is 2.42 bits per heavy atom. The second-order valence-corrected chi connectivity index (χ2v) is 4.50. The third kappa shape index (κ3) is 4.43. The van der Waals surface area contributed by atoms with Crippen LogP contribution >= 0.6 is 0 Å². The number of hydrogen-bond donors (Lipinski definition) is 2. The molecule has 0 amide bonds. The minimum atomic E-state index is -0.279. The van der Waals surface area contributed by atoms with Crippen LogP contribution in [-0.2, 0) is 0 Å². The number of hydrogen-bond acceptors (Lipinski definition) is 4. The van der Waals surface area contributed by atoms with Crippen molar-refractivity contribution in [2.45, 2.75) is 25.9 Å². The van der Waals surface area contributed by atoms with Crippen molar-refractivity contribution < 1.29 is 9.13 Å². The van der Waals surface area contributed by atoms with Crippen molar-refractivity contribution in [3.63, 3.8) is 0 Å². The molecule has 0 radical (unpaired) electrons. The summed E-state index contributed by atoms with van der Waals surface area (Å²) in [6.45, 7) is 4.50. The zero-order chi connectivity index (χ0) is 13.5. The van der Waals surface area contributed by atoms with Crippen LogP contribution in [0.3, 0.4) is 0 Å². The normalized spacial score (nSPS) is 16.2. The Kier molecular flexibility index (Phi) is 5.01. The molecule has 1 heterocycles. The van der Waals surface area contributed by atoms with Crippen molar-refractivity contribution in [3.8, 4) is 5.75 Å². The van der Waals surface area contributed by atoms with E-state index in [0.29, 0.717) is 12.3 Å². The van der Waals surface area contributed by atoms with Crippen molar-refractivity contribution in [1.82, 2.24) is 10.6 Å². The van der Waals surface area contributed by atoms with Gasteiger partial charge in [-0.15, -0.1) is 0 Å². The van der Waals surface area contributed by atoms with E-state index in [-0.39, 0.29) is 11.9 Å². The van der Waals surface area contributed by atoms with Gasteiger partial charge in [-0.2, -0.15) is 0 Å². The molecule has 5 heteroatoms. The predicted molar refractivity (Wildman–Crippen MR) is 74.0 cm³/mol. The predicted octanol–water partition coefficient (Wildman–Crippen LogP) is 1.92. The number of benzene rings is 1. The van der Waals surface area contributed by atoms with E-state index in [1.54, 1.807) is 12.1 Å². The van der Waals surface area contributed by atoms with Gasteiger partial charge in [-0.3, -0.25) is 4.99 Å². The van der Waals surface area contributed by atoms with E-state index in [1.165, 1.54) is 12.1 Å². The van der Waals surface area contributed by atoms with Gasteiger partial charge in [-0.05, 0) is 25.0 Å². The molecule has 0 aliphatic carbocycles. The zero-order valence-electron chi connectivity index (χ0n) is 11.2. The third-order valence-corrected chi connectivity index (χ3v) is 2.95. The molecular weight excluding hydrogens is 245 g/mol. The van der Waals surface area contributed by atoms with Gasteiger partial charge < -0.3 is 15.4 Å². The maximum absolute atomic E-state index is 13.1. The molecule has 2 rings (SSSR count). The summed E-state index contributed by atoms with van der Waals surface area (Å²) in [7, 11) is 0. The van der Waals surface area contributed by atoms with Crippen molar-refractivity contribution >= 4 is 5.96 Å². The molecule has 1 unspecified atom stereocenters. The largest absolute Gasteiger partial charge is 0.489 e. The number of nitrogens with one attached hydrogen (secondary N) is 2. The van der Waals surface area contributed by atoms with E-state index in [4.69, 9.17) is 4.74 Å². The SMILES string of the molecule is CCC(CNC1=NCCCN1)Oc1cccc(F)c1. The van der Waals surface area contributed by atoms with Crippen LogP contribution in [0, 0.1) is 5.82 Å². The second kappa shape index (κ2) is 6.97. The quantitative estimate of drug-likeness (QED) is 0.855. The lowest BCUT2D eigenvalue weighted by atomic mass is 10.2. The summed E-state index contributed by atoms with van der Waals surface area (Å²) >= 11 is 0. The molecule has 1 aliphatic rings. The van der Waals surface area contributed by atoms with Crippen LogP contribution in [0.2, 0.25) is 0 Å². The first-order valence-electron chi connectivity index (χ1n) is 6.72. The standard InChI is InChI=1S/C14H20FN3O/c1-2-12(10-18-14-16-7-4-8-17-14)19-13-6-3-5-11(15)9-13/h3,5-6,9,12H,2,4,7-8,10H2,1H3,(H2,16,17,18). The summed E-state index contributed by atoms with van der Waals surface area (Å²) in [6.07, 6.45) is 1.91. The van der Waals surface area contributed by atoms with E-state index < -0.39 is 0 Å². The van der Waals surface area contributed by atoms with Gasteiger partial charge in [0.1, 0.15) is 17.7 Å². The highest BCUT2D eigenvalue weighted by Gasteiger charge is 2.10. The van der Waals surface area contributed by atoms with Gasteiger partial charge in [-0.25, -0.2) is 4.39 Å². The van der Waals surface area contributed by atoms with Crippen molar-refractivity contribution in [1.29, 1.82) is 0 Å². The van der Waals surface area contributed by atoms with Crippen LogP contribution in [-0.4, -0.2) is 31.7 Å². The monoisotopic (exact) mass is 265 g/mol. The Balaban J connectivity index is 1.84. The molecule has 0 saturated carbocycles. The summed E-state index contributed by atoms with van der Waals surface area (Å²) in [5.74, 6) is 1.11. The Morgan fingerprint density at radius 1 is 1.53 bits per heavy atom. The lowest BCUT2D eigenvalue weighted by Gasteiger charge is -2.21. The number of guanidine groups is 1. The third-order valence-electron chi connectivity index (χ3n) is 2.95. The molecule has 0 spiro atoms. The van der Waals surface area contributed by atoms with Crippen LogP contribution in [0.25, 0.3) is 0 Å².